The lowest BCUT2D eigenvalue weighted by Crippen LogP contribution is -2.16. The number of aromatic hydroxyl groups is 1. The second kappa shape index (κ2) is 6.31. The van der Waals surface area contributed by atoms with E-state index in [1.807, 2.05) is 32.0 Å². The van der Waals surface area contributed by atoms with E-state index >= 15 is 0 Å². The minimum Gasteiger partial charge on any atom is -0.508 e. The second-order valence-electron chi connectivity index (χ2n) is 4.88. The van der Waals surface area contributed by atoms with Crippen molar-refractivity contribution in [2.24, 2.45) is 0 Å². The Morgan fingerprint density at radius 2 is 1.76 bits per heavy atom. The highest BCUT2D eigenvalue weighted by atomic mass is 16.3. The van der Waals surface area contributed by atoms with Crippen LogP contribution in [0.4, 0.5) is 11.4 Å². The Bertz CT molecular complexity index is 644. The maximum absolute atomic E-state index is 12.4. The topological polar surface area (TPSA) is 75.3 Å². The Morgan fingerprint density at radius 1 is 1.14 bits per heavy atom. The summed E-state index contributed by atoms with van der Waals surface area (Å²) in [6.07, 6.45) is 1.66. The van der Waals surface area contributed by atoms with Crippen molar-refractivity contribution in [3.63, 3.8) is 0 Å². The van der Waals surface area contributed by atoms with Crippen molar-refractivity contribution in [1.29, 1.82) is 0 Å². The molecule has 4 nitrogen and oxygen atoms in total. The largest absolute Gasteiger partial charge is 0.508 e. The summed E-state index contributed by atoms with van der Waals surface area (Å²) < 4.78 is 0. The van der Waals surface area contributed by atoms with Crippen molar-refractivity contribution >= 4 is 17.3 Å². The van der Waals surface area contributed by atoms with Crippen LogP contribution in [0.15, 0.2) is 36.4 Å². The van der Waals surface area contributed by atoms with Crippen LogP contribution in [0.25, 0.3) is 0 Å². The first-order valence-corrected chi connectivity index (χ1v) is 7.07. The molecular formula is C17H20N2O2. The van der Waals surface area contributed by atoms with Crippen molar-refractivity contribution in [3.05, 3.63) is 53.1 Å². The summed E-state index contributed by atoms with van der Waals surface area (Å²) in [6, 6.07) is 10.4. The molecule has 2 aromatic carbocycles. The minimum absolute atomic E-state index is 0.0221. The Labute approximate surface area is 124 Å². The summed E-state index contributed by atoms with van der Waals surface area (Å²) in [6.45, 7) is 4.10. The number of nitrogen functional groups attached to an aromatic ring is 1. The van der Waals surface area contributed by atoms with Gasteiger partial charge in [0.2, 0.25) is 0 Å². The molecule has 0 spiro atoms. The fraction of sp³-hybridized carbons (Fsp3) is 0.235. The summed E-state index contributed by atoms with van der Waals surface area (Å²) >= 11 is 0. The van der Waals surface area contributed by atoms with Gasteiger partial charge in [-0.05, 0) is 42.2 Å². The van der Waals surface area contributed by atoms with E-state index in [1.165, 1.54) is 18.2 Å². The van der Waals surface area contributed by atoms with Crippen LogP contribution in [-0.2, 0) is 12.8 Å². The number of nitrogens with two attached hydrogens (primary N) is 1. The fourth-order valence-corrected chi connectivity index (χ4v) is 2.32. The lowest BCUT2D eigenvalue weighted by molar-refractivity contribution is 0.102. The van der Waals surface area contributed by atoms with Crippen molar-refractivity contribution in [2.75, 3.05) is 11.1 Å². The number of phenols is 1. The van der Waals surface area contributed by atoms with Crippen LogP contribution >= 0.6 is 0 Å². The predicted octanol–water partition coefficient (Wildman–Crippen LogP) is 3.35. The molecule has 2 aromatic rings. The Balaban J connectivity index is 2.38. The molecular weight excluding hydrogens is 264 g/mol. The zero-order chi connectivity index (χ0) is 15.4. The van der Waals surface area contributed by atoms with Crippen LogP contribution in [0.5, 0.6) is 5.75 Å². The maximum atomic E-state index is 12.4. The van der Waals surface area contributed by atoms with Crippen molar-refractivity contribution in [1.82, 2.24) is 0 Å². The monoisotopic (exact) mass is 284 g/mol. The van der Waals surface area contributed by atoms with Crippen LogP contribution in [-0.4, -0.2) is 11.0 Å². The number of phenolic OH excluding ortho intramolecular Hbond substituents is 1. The van der Waals surface area contributed by atoms with Gasteiger partial charge in [0.05, 0.1) is 5.56 Å². The Hall–Kier alpha value is -2.49. The Morgan fingerprint density at radius 3 is 2.33 bits per heavy atom. The van der Waals surface area contributed by atoms with Crippen LogP contribution in [0, 0.1) is 0 Å². The highest BCUT2D eigenvalue weighted by Gasteiger charge is 2.14. The molecule has 4 N–H and O–H groups in total. The van der Waals surface area contributed by atoms with Gasteiger partial charge in [0, 0.05) is 11.4 Å². The number of hydrogen-bond donors (Lipinski definition) is 3. The van der Waals surface area contributed by atoms with Crippen molar-refractivity contribution in [2.45, 2.75) is 26.7 Å². The van der Waals surface area contributed by atoms with E-state index in [9.17, 15) is 9.90 Å². The summed E-state index contributed by atoms with van der Waals surface area (Å²) in [4.78, 5) is 12.4. The second-order valence-corrected chi connectivity index (χ2v) is 4.88. The van der Waals surface area contributed by atoms with Gasteiger partial charge in [-0.1, -0.05) is 32.0 Å². The quantitative estimate of drug-likeness (QED) is 0.595. The average molecular weight is 284 g/mol. The molecule has 0 aliphatic heterocycles. The van der Waals surface area contributed by atoms with Gasteiger partial charge in [0.25, 0.3) is 5.91 Å². The third kappa shape index (κ3) is 3.16. The SMILES string of the molecule is CCc1cccc(CC)c1NC(=O)c1cc(O)ccc1N. The minimum atomic E-state index is -0.306. The number of benzene rings is 2. The molecule has 2 rings (SSSR count). The van der Waals surface area contributed by atoms with E-state index in [0.717, 1.165) is 29.7 Å². The molecule has 1 amide bonds. The molecule has 0 atom stereocenters. The lowest BCUT2D eigenvalue weighted by atomic mass is 10.0. The molecule has 0 unspecified atom stereocenters. The first-order chi connectivity index (χ1) is 10.1. The molecule has 110 valence electrons. The van der Waals surface area contributed by atoms with Gasteiger partial charge in [0.1, 0.15) is 5.75 Å². The molecule has 21 heavy (non-hydrogen) atoms. The van der Waals surface area contributed by atoms with Gasteiger partial charge in [-0.25, -0.2) is 0 Å². The van der Waals surface area contributed by atoms with Gasteiger partial charge in [-0.3, -0.25) is 4.79 Å². The molecule has 0 fully saturated rings. The highest BCUT2D eigenvalue weighted by Crippen LogP contribution is 2.25. The summed E-state index contributed by atoms with van der Waals surface area (Å²) in [5.41, 5.74) is 9.45. The van der Waals surface area contributed by atoms with Gasteiger partial charge in [0.15, 0.2) is 0 Å². The Kier molecular flexibility index (Phi) is 4.48. The van der Waals surface area contributed by atoms with Gasteiger partial charge in [-0.15, -0.1) is 0 Å². The third-order valence-corrected chi connectivity index (χ3v) is 3.52. The molecule has 0 aliphatic carbocycles. The number of amides is 1. The highest BCUT2D eigenvalue weighted by molar-refractivity contribution is 6.08. The van der Waals surface area contributed by atoms with Gasteiger partial charge < -0.3 is 16.2 Å². The fourth-order valence-electron chi connectivity index (χ4n) is 2.32. The zero-order valence-electron chi connectivity index (χ0n) is 12.3. The van der Waals surface area contributed by atoms with Gasteiger partial charge >= 0.3 is 0 Å². The van der Waals surface area contributed by atoms with Crippen LogP contribution in [0.2, 0.25) is 0 Å². The van der Waals surface area contributed by atoms with Gasteiger partial charge in [-0.2, -0.15) is 0 Å². The van der Waals surface area contributed by atoms with E-state index in [2.05, 4.69) is 5.32 Å². The van der Waals surface area contributed by atoms with E-state index in [-0.39, 0.29) is 17.2 Å². The molecule has 0 heterocycles. The van der Waals surface area contributed by atoms with Crippen molar-refractivity contribution in [3.8, 4) is 5.75 Å². The number of hydrogen-bond acceptors (Lipinski definition) is 3. The zero-order valence-corrected chi connectivity index (χ0v) is 12.3. The number of aryl methyl sites for hydroxylation is 2. The van der Waals surface area contributed by atoms with Crippen LogP contribution in [0.1, 0.15) is 35.3 Å². The molecule has 0 aliphatic rings. The van der Waals surface area contributed by atoms with E-state index < -0.39 is 0 Å². The summed E-state index contributed by atoms with van der Waals surface area (Å²) in [5, 5.41) is 12.5. The number of rotatable bonds is 4. The van der Waals surface area contributed by atoms with Crippen LogP contribution < -0.4 is 11.1 Å². The normalized spacial score (nSPS) is 10.4. The summed E-state index contributed by atoms with van der Waals surface area (Å²) in [5.74, 6) is -0.284. The van der Waals surface area contributed by atoms with Crippen LogP contribution in [0.3, 0.4) is 0 Å². The average Bonchev–Trinajstić information content (AvgIpc) is 2.49. The predicted molar refractivity (Wildman–Crippen MR) is 85.7 cm³/mol. The number of carbonyl (C=O) groups is 1. The summed E-state index contributed by atoms with van der Waals surface area (Å²) in [7, 11) is 0. The molecule has 4 heteroatoms. The number of nitrogens with one attached hydrogen (secondary N) is 1. The third-order valence-electron chi connectivity index (χ3n) is 3.52. The molecule has 0 radical (unpaired) electrons. The smallest absolute Gasteiger partial charge is 0.257 e. The number of carbonyl (C=O) groups excluding carboxylic acids is 1. The standard InChI is InChI=1S/C17H20N2O2/c1-3-11-6-5-7-12(4-2)16(11)19-17(21)14-10-13(20)8-9-15(14)18/h5-10,20H,3-4,18H2,1-2H3,(H,19,21). The van der Waals surface area contributed by atoms with Crippen molar-refractivity contribution < 1.29 is 9.90 Å². The van der Waals surface area contributed by atoms with E-state index in [1.54, 1.807) is 0 Å². The molecule has 0 saturated carbocycles. The molecule has 0 bridgehead atoms. The first kappa shape index (κ1) is 14.9. The van der Waals surface area contributed by atoms with E-state index in [4.69, 9.17) is 5.73 Å². The lowest BCUT2D eigenvalue weighted by Gasteiger charge is -2.15. The van der Waals surface area contributed by atoms with E-state index in [0.29, 0.717) is 5.69 Å². The number of anilines is 2. The molecule has 0 saturated heterocycles. The maximum Gasteiger partial charge on any atom is 0.257 e. The first-order valence-electron chi connectivity index (χ1n) is 7.07. The molecule has 0 aromatic heterocycles. The number of para-hydroxylation sites is 1.